The zero-order valence-corrected chi connectivity index (χ0v) is 17.0. The van der Waals surface area contributed by atoms with Crippen LogP contribution in [0.1, 0.15) is 19.3 Å². The summed E-state index contributed by atoms with van der Waals surface area (Å²) in [6, 6.07) is -1.78. The zero-order chi connectivity index (χ0) is 22.8. The standard InChI is InChI=1S/C17H30N8O6/c18-15-16(25-15)19-3-1-2-10-17(31)22-5-12(28)21-6-13(29)23-9(8-26)4-11(27)20-7-14(30)24-10/h9-10,15-16,19,25-26H,1-8,18H2,(H,20,27)(H,21,28)(H,22,31)(H,23,29)(H,24,30). The van der Waals surface area contributed by atoms with Crippen molar-refractivity contribution >= 4 is 29.5 Å². The van der Waals surface area contributed by atoms with Crippen LogP contribution in [0, 0.1) is 0 Å². The number of nitrogens with one attached hydrogen (secondary N) is 7. The van der Waals surface area contributed by atoms with E-state index in [4.69, 9.17) is 5.73 Å². The van der Waals surface area contributed by atoms with E-state index in [9.17, 15) is 29.1 Å². The van der Waals surface area contributed by atoms with Gasteiger partial charge in [-0.15, -0.1) is 0 Å². The molecule has 5 amide bonds. The van der Waals surface area contributed by atoms with Gasteiger partial charge in [-0.2, -0.15) is 0 Å². The quantitative estimate of drug-likeness (QED) is 0.141. The Balaban J connectivity index is 1.94. The molecular weight excluding hydrogens is 412 g/mol. The highest BCUT2D eigenvalue weighted by Gasteiger charge is 2.31. The number of hydrogen-bond donors (Lipinski definition) is 9. The maximum Gasteiger partial charge on any atom is 0.243 e. The number of amides is 5. The molecule has 4 atom stereocenters. The average Bonchev–Trinajstić information content (AvgIpc) is 3.44. The Morgan fingerprint density at radius 2 is 1.52 bits per heavy atom. The normalized spacial score (nSPS) is 28.6. The molecule has 2 aliphatic heterocycles. The monoisotopic (exact) mass is 442 g/mol. The number of rotatable bonds is 6. The topological polar surface area (TPSA) is 226 Å². The first-order valence-electron chi connectivity index (χ1n) is 10.0. The lowest BCUT2D eigenvalue weighted by Gasteiger charge is -2.20. The van der Waals surface area contributed by atoms with Crippen LogP contribution >= 0.6 is 0 Å². The van der Waals surface area contributed by atoms with Gasteiger partial charge in [0, 0.05) is 6.42 Å². The van der Waals surface area contributed by atoms with Gasteiger partial charge in [0.15, 0.2) is 0 Å². The fourth-order valence-corrected chi connectivity index (χ4v) is 2.86. The second kappa shape index (κ2) is 12.1. The minimum atomic E-state index is -0.916. The molecule has 0 aromatic rings. The summed E-state index contributed by atoms with van der Waals surface area (Å²) in [7, 11) is 0. The first-order valence-corrected chi connectivity index (χ1v) is 10.0. The molecule has 4 unspecified atom stereocenters. The highest BCUT2D eigenvalue weighted by atomic mass is 16.3. The summed E-state index contributed by atoms with van der Waals surface area (Å²) in [5.41, 5.74) is 5.62. The fourth-order valence-electron chi connectivity index (χ4n) is 2.86. The second-order valence-corrected chi connectivity index (χ2v) is 7.31. The minimum absolute atomic E-state index is 0.0271. The van der Waals surface area contributed by atoms with Crippen LogP contribution in [0.3, 0.4) is 0 Å². The van der Waals surface area contributed by atoms with Crippen molar-refractivity contribution in [1.82, 2.24) is 37.2 Å². The van der Waals surface area contributed by atoms with Crippen LogP contribution in [-0.4, -0.2) is 91.8 Å². The third-order valence-corrected chi connectivity index (χ3v) is 4.64. The lowest BCUT2D eigenvalue weighted by atomic mass is 10.1. The van der Waals surface area contributed by atoms with Gasteiger partial charge in [-0.25, -0.2) is 0 Å². The molecule has 2 aliphatic rings. The molecule has 14 heteroatoms. The largest absolute Gasteiger partial charge is 0.394 e. The third-order valence-electron chi connectivity index (χ3n) is 4.64. The van der Waals surface area contributed by atoms with Crippen molar-refractivity contribution in [3.05, 3.63) is 0 Å². The van der Waals surface area contributed by atoms with E-state index in [2.05, 4.69) is 37.2 Å². The summed E-state index contributed by atoms with van der Waals surface area (Å²) in [6.45, 7) is -1.07. The number of nitrogens with two attached hydrogens (primary N) is 1. The Morgan fingerprint density at radius 1 is 0.903 bits per heavy atom. The molecule has 10 N–H and O–H groups in total. The molecule has 2 saturated heterocycles. The SMILES string of the molecule is NC1NC1NCCCC1NC(=O)CNC(=O)CC(CO)NC(=O)CNC(=O)CNC1=O. The smallest absolute Gasteiger partial charge is 0.243 e. The lowest BCUT2D eigenvalue weighted by molar-refractivity contribution is -0.132. The van der Waals surface area contributed by atoms with Crippen molar-refractivity contribution in [2.24, 2.45) is 5.73 Å². The first kappa shape index (κ1) is 24.5. The predicted octanol–water partition coefficient (Wildman–Crippen LogP) is -5.72. The number of carbonyl (C=O) groups is 5. The molecule has 0 bridgehead atoms. The van der Waals surface area contributed by atoms with Gasteiger partial charge in [0.25, 0.3) is 0 Å². The van der Waals surface area contributed by atoms with Crippen molar-refractivity contribution in [3.63, 3.8) is 0 Å². The summed E-state index contributed by atoms with van der Waals surface area (Å²) >= 11 is 0. The van der Waals surface area contributed by atoms with Gasteiger partial charge in [0.05, 0.1) is 44.6 Å². The Bertz CT molecular complexity index is 690. The van der Waals surface area contributed by atoms with E-state index in [-0.39, 0.29) is 44.8 Å². The van der Waals surface area contributed by atoms with Crippen molar-refractivity contribution in [2.45, 2.75) is 43.7 Å². The molecule has 2 rings (SSSR count). The van der Waals surface area contributed by atoms with Gasteiger partial charge in [0.1, 0.15) is 6.04 Å². The molecule has 0 radical (unpaired) electrons. The van der Waals surface area contributed by atoms with Crippen LogP contribution in [0.25, 0.3) is 0 Å². The summed E-state index contributed by atoms with van der Waals surface area (Å²) in [4.78, 5) is 60.3. The van der Waals surface area contributed by atoms with E-state index in [0.717, 1.165) is 0 Å². The highest BCUT2D eigenvalue weighted by molar-refractivity contribution is 5.93. The molecule has 0 aliphatic carbocycles. The van der Waals surface area contributed by atoms with Crippen molar-refractivity contribution < 1.29 is 29.1 Å². The second-order valence-electron chi connectivity index (χ2n) is 7.31. The van der Waals surface area contributed by atoms with Crippen molar-refractivity contribution in [2.75, 3.05) is 32.8 Å². The Labute approximate surface area is 178 Å². The zero-order valence-electron chi connectivity index (χ0n) is 17.0. The first-order chi connectivity index (χ1) is 14.8. The molecular formula is C17H30N8O6. The summed E-state index contributed by atoms with van der Waals surface area (Å²) < 4.78 is 0. The number of aliphatic hydroxyl groups is 1. The molecule has 0 spiro atoms. The molecule has 2 fully saturated rings. The molecule has 31 heavy (non-hydrogen) atoms. The molecule has 0 saturated carbocycles. The predicted molar refractivity (Wildman–Crippen MR) is 107 cm³/mol. The maximum absolute atomic E-state index is 12.4. The van der Waals surface area contributed by atoms with E-state index >= 15 is 0 Å². The van der Waals surface area contributed by atoms with E-state index < -0.39 is 48.2 Å². The van der Waals surface area contributed by atoms with Crippen LogP contribution in [-0.2, 0) is 24.0 Å². The number of hydrogen-bond acceptors (Lipinski definition) is 9. The van der Waals surface area contributed by atoms with E-state index in [1.54, 1.807) is 0 Å². The van der Waals surface area contributed by atoms with Crippen LogP contribution in [0.15, 0.2) is 0 Å². The van der Waals surface area contributed by atoms with Crippen LogP contribution < -0.4 is 43.0 Å². The summed E-state index contributed by atoms with van der Waals surface area (Å²) in [6.07, 6.45) is 0.507. The van der Waals surface area contributed by atoms with Gasteiger partial charge in [0.2, 0.25) is 29.5 Å². The van der Waals surface area contributed by atoms with Gasteiger partial charge >= 0.3 is 0 Å². The maximum atomic E-state index is 12.4. The lowest BCUT2D eigenvalue weighted by Crippen LogP contribution is -2.52. The highest BCUT2D eigenvalue weighted by Crippen LogP contribution is 2.02. The van der Waals surface area contributed by atoms with Crippen LogP contribution in [0.2, 0.25) is 0 Å². The molecule has 174 valence electrons. The minimum Gasteiger partial charge on any atom is -0.394 e. The van der Waals surface area contributed by atoms with Crippen molar-refractivity contribution in [1.29, 1.82) is 0 Å². The summed E-state index contributed by atoms with van der Waals surface area (Å²) in [5, 5.41) is 27.5. The van der Waals surface area contributed by atoms with Gasteiger partial charge in [-0.3, -0.25) is 34.6 Å². The number of carbonyl (C=O) groups excluding carboxylic acids is 5. The Morgan fingerprint density at radius 3 is 2.16 bits per heavy atom. The van der Waals surface area contributed by atoms with Crippen molar-refractivity contribution in [3.8, 4) is 0 Å². The van der Waals surface area contributed by atoms with Gasteiger partial charge < -0.3 is 37.4 Å². The molecule has 0 aromatic heterocycles. The van der Waals surface area contributed by atoms with E-state index in [1.807, 2.05) is 0 Å². The Hall–Kier alpha value is -2.81. The van der Waals surface area contributed by atoms with Gasteiger partial charge in [-0.05, 0) is 19.4 Å². The third kappa shape index (κ3) is 9.25. The van der Waals surface area contributed by atoms with E-state index in [1.165, 1.54) is 0 Å². The van der Waals surface area contributed by atoms with Crippen LogP contribution in [0.4, 0.5) is 0 Å². The average molecular weight is 442 g/mol. The number of aliphatic hydroxyl groups excluding tert-OH is 1. The molecule has 14 nitrogen and oxygen atoms in total. The van der Waals surface area contributed by atoms with Gasteiger partial charge in [-0.1, -0.05) is 0 Å². The molecule has 0 aromatic carbocycles. The Kier molecular flexibility index (Phi) is 9.58. The molecule has 2 heterocycles. The van der Waals surface area contributed by atoms with Crippen LogP contribution in [0.5, 0.6) is 0 Å². The summed E-state index contributed by atoms with van der Waals surface area (Å²) in [5.74, 6) is -2.92. The van der Waals surface area contributed by atoms with E-state index in [0.29, 0.717) is 13.0 Å². The fraction of sp³-hybridized carbons (Fsp3) is 0.706.